The van der Waals surface area contributed by atoms with Gasteiger partial charge in [-0.15, -0.1) is 0 Å². The van der Waals surface area contributed by atoms with Gasteiger partial charge in [-0.2, -0.15) is 13.2 Å². The number of esters is 1. The van der Waals surface area contributed by atoms with Crippen molar-refractivity contribution in [2.75, 3.05) is 6.54 Å². The van der Waals surface area contributed by atoms with Gasteiger partial charge in [0.1, 0.15) is 11.1 Å². The number of carbonyl (C=O) groups excluding carboxylic acids is 1. The molecule has 0 spiro atoms. The van der Waals surface area contributed by atoms with Crippen LogP contribution in [0.4, 0.5) is 13.2 Å². The lowest BCUT2D eigenvalue weighted by Crippen LogP contribution is -2.47. The quantitative estimate of drug-likeness (QED) is 0.766. The van der Waals surface area contributed by atoms with Crippen molar-refractivity contribution in [2.45, 2.75) is 50.9 Å². The summed E-state index contributed by atoms with van der Waals surface area (Å²) in [6.45, 7) is 4.60. The maximum atomic E-state index is 12.5. The molecule has 0 bridgehead atoms. The zero-order chi connectivity index (χ0) is 12.6. The number of alkyl halides is 3. The van der Waals surface area contributed by atoms with Crippen LogP contribution in [0.5, 0.6) is 0 Å². The highest BCUT2D eigenvalue weighted by molar-refractivity contribution is 5.72. The van der Waals surface area contributed by atoms with Gasteiger partial charge in [0.2, 0.25) is 0 Å². The number of halogens is 3. The molecule has 1 saturated carbocycles. The van der Waals surface area contributed by atoms with Gasteiger partial charge >= 0.3 is 12.1 Å². The fraction of sp³-hybridized carbons (Fsp3) is 0.900. The standard InChI is InChI=1S/C10H16F3NO2/c1-8(2,3)16-7(15)6-14-9(4-5-9)10(11,12)13/h14H,4-6H2,1-3H3. The van der Waals surface area contributed by atoms with E-state index in [0.717, 1.165) is 0 Å². The van der Waals surface area contributed by atoms with Gasteiger partial charge in [-0.25, -0.2) is 0 Å². The molecule has 1 aliphatic carbocycles. The summed E-state index contributed by atoms with van der Waals surface area (Å²) in [6, 6.07) is 0. The Kier molecular flexibility index (Phi) is 3.24. The molecule has 1 N–H and O–H groups in total. The Bertz CT molecular complexity index is 277. The van der Waals surface area contributed by atoms with E-state index in [2.05, 4.69) is 5.32 Å². The van der Waals surface area contributed by atoms with Crippen LogP contribution in [0.2, 0.25) is 0 Å². The van der Waals surface area contributed by atoms with Crippen molar-refractivity contribution in [2.24, 2.45) is 0 Å². The number of hydrogen-bond donors (Lipinski definition) is 1. The molecule has 0 aliphatic heterocycles. The van der Waals surface area contributed by atoms with E-state index >= 15 is 0 Å². The van der Waals surface area contributed by atoms with Crippen LogP contribution < -0.4 is 5.32 Å². The molecule has 1 fully saturated rings. The van der Waals surface area contributed by atoms with Gasteiger partial charge in [-0.1, -0.05) is 0 Å². The summed E-state index contributed by atoms with van der Waals surface area (Å²) in [5.41, 5.74) is -2.53. The normalized spacial score (nSPS) is 19.4. The molecule has 0 heterocycles. The molecule has 6 heteroatoms. The Morgan fingerprint density at radius 3 is 2.12 bits per heavy atom. The van der Waals surface area contributed by atoms with Crippen LogP contribution in [0.1, 0.15) is 33.6 Å². The summed E-state index contributed by atoms with van der Waals surface area (Å²) in [5, 5.41) is 2.23. The maximum Gasteiger partial charge on any atom is 0.406 e. The predicted molar refractivity (Wildman–Crippen MR) is 51.9 cm³/mol. The topological polar surface area (TPSA) is 38.3 Å². The number of nitrogens with one attached hydrogen (secondary N) is 1. The van der Waals surface area contributed by atoms with Crippen LogP contribution in [-0.4, -0.2) is 29.8 Å². The second-order valence-electron chi connectivity index (χ2n) is 5.02. The molecule has 0 atom stereocenters. The van der Waals surface area contributed by atoms with Crippen LogP contribution in [0, 0.1) is 0 Å². The van der Waals surface area contributed by atoms with Gasteiger partial charge < -0.3 is 4.74 Å². The van der Waals surface area contributed by atoms with Gasteiger partial charge in [-0.3, -0.25) is 10.1 Å². The minimum Gasteiger partial charge on any atom is -0.459 e. The molecule has 94 valence electrons. The third kappa shape index (κ3) is 3.37. The second kappa shape index (κ2) is 3.91. The van der Waals surface area contributed by atoms with Crippen molar-refractivity contribution in [1.82, 2.24) is 5.32 Å². The smallest absolute Gasteiger partial charge is 0.406 e. The SMILES string of the molecule is CC(C)(C)OC(=O)CNC1(C(F)(F)F)CC1. The molecule has 0 saturated heterocycles. The molecule has 0 aromatic rings. The molecule has 0 aromatic heterocycles. The zero-order valence-corrected chi connectivity index (χ0v) is 9.57. The summed E-state index contributed by atoms with van der Waals surface area (Å²) in [7, 11) is 0. The van der Waals surface area contributed by atoms with Crippen molar-refractivity contribution < 1.29 is 22.7 Å². The van der Waals surface area contributed by atoms with E-state index in [1.54, 1.807) is 20.8 Å². The van der Waals surface area contributed by atoms with E-state index in [1.165, 1.54) is 0 Å². The van der Waals surface area contributed by atoms with Gasteiger partial charge in [0.05, 0.1) is 6.54 Å². The summed E-state index contributed by atoms with van der Waals surface area (Å²) < 4.78 is 42.3. The van der Waals surface area contributed by atoms with E-state index in [1.807, 2.05) is 0 Å². The molecular weight excluding hydrogens is 223 g/mol. The third-order valence-corrected chi connectivity index (χ3v) is 2.28. The molecule has 3 nitrogen and oxygen atoms in total. The Hall–Kier alpha value is -0.780. The average molecular weight is 239 g/mol. The first-order valence-corrected chi connectivity index (χ1v) is 5.09. The lowest BCUT2D eigenvalue weighted by atomic mass is 10.2. The predicted octanol–water partition coefficient (Wildman–Crippen LogP) is 2.01. The fourth-order valence-electron chi connectivity index (χ4n) is 1.30. The number of ether oxygens (including phenoxy) is 1. The summed E-state index contributed by atoms with van der Waals surface area (Å²) in [5.74, 6) is -0.664. The first-order valence-electron chi connectivity index (χ1n) is 5.09. The van der Waals surface area contributed by atoms with Gasteiger partial charge in [-0.05, 0) is 33.6 Å². The van der Waals surface area contributed by atoms with Crippen molar-refractivity contribution in [3.63, 3.8) is 0 Å². The summed E-state index contributed by atoms with van der Waals surface area (Å²) >= 11 is 0. The molecule has 1 rings (SSSR count). The highest BCUT2D eigenvalue weighted by Crippen LogP contribution is 2.48. The van der Waals surface area contributed by atoms with Crippen molar-refractivity contribution in [1.29, 1.82) is 0 Å². The van der Waals surface area contributed by atoms with Crippen molar-refractivity contribution >= 4 is 5.97 Å². The molecule has 16 heavy (non-hydrogen) atoms. The Morgan fingerprint density at radius 2 is 1.81 bits per heavy atom. The van der Waals surface area contributed by atoms with Gasteiger partial charge in [0.15, 0.2) is 0 Å². The van der Waals surface area contributed by atoms with Crippen molar-refractivity contribution in [3.8, 4) is 0 Å². The van der Waals surface area contributed by atoms with E-state index in [4.69, 9.17) is 4.74 Å². The highest BCUT2D eigenvalue weighted by atomic mass is 19.4. The van der Waals surface area contributed by atoms with E-state index in [9.17, 15) is 18.0 Å². The largest absolute Gasteiger partial charge is 0.459 e. The van der Waals surface area contributed by atoms with Crippen LogP contribution in [-0.2, 0) is 9.53 Å². The number of hydrogen-bond acceptors (Lipinski definition) is 3. The summed E-state index contributed by atoms with van der Waals surface area (Å²) in [4.78, 5) is 11.2. The average Bonchev–Trinajstić information content (AvgIpc) is 2.75. The van der Waals surface area contributed by atoms with Crippen LogP contribution in [0.3, 0.4) is 0 Å². The van der Waals surface area contributed by atoms with Crippen LogP contribution in [0.15, 0.2) is 0 Å². The fourth-order valence-corrected chi connectivity index (χ4v) is 1.30. The Morgan fingerprint density at radius 1 is 1.31 bits per heavy atom. The minimum atomic E-state index is -4.30. The molecule has 0 radical (unpaired) electrons. The molecule has 0 amide bonds. The summed E-state index contributed by atoms with van der Waals surface area (Å²) in [6.07, 6.45) is -4.24. The molecule has 1 aliphatic rings. The molecule has 0 unspecified atom stereocenters. The number of rotatable bonds is 3. The zero-order valence-electron chi connectivity index (χ0n) is 9.57. The second-order valence-corrected chi connectivity index (χ2v) is 5.02. The first kappa shape index (κ1) is 13.3. The van der Waals surface area contributed by atoms with Gasteiger partial charge in [0, 0.05) is 0 Å². The monoisotopic (exact) mass is 239 g/mol. The van der Waals surface area contributed by atoms with E-state index < -0.39 is 29.8 Å². The van der Waals surface area contributed by atoms with Crippen molar-refractivity contribution in [3.05, 3.63) is 0 Å². The maximum absolute atomic E-state index is 12.5. The Balaban J connectivity index is 2.39. The molecular formula is C10H16F3NO2. The van der Waals surface area contributed by atoms with Crippen LogP contribution in [0.25, 0.3) is 0 Å². The van der Waals surface area contributed by atoms with Gasteiger partial charge in [0.25, 0.3) is 0 Å². The minimum absolute atomic E-state index is 0.0271. The number of carbonyl (C=O) groups is 1. The molecule has 0 aromatic carbocycles. The lowest BCUT2D eigenvalue weighted by molar-refractivity contribution is -0.170. The van der Waals surface area contributed by atoms with E-state index in [0.29, 0.717) is 0 Å². The van der Waals surface area contributed by atoms with Crippen LogP contribution >= 0.6 is 0 Å². The first-order chi connectivity index (χ1) is 7.06. The van der Waals surface area contributed by atoms with E-state index in [-0.39, 0.29) is 12.8 Å². The highest BCUT2D eigenvalue weighted by Gasteiger charge is 2.63. The third-order valence-electron chi connectivity index (χ3n) is 2.28. The lowest BCUT2D eigenvalue weighted by Gasteiger charge is -2.23. The Labute approximate surface area is 92.3 Å².